The molecule has 25 heavy (non-hydrogen) atoms. The van der Waals surface area contributed by atoms with Crippen LogP contribution in [0.2, 0.25) is 0 Å². The number of aromatic nitrogens is 2. The van der Waals surface area contributed by atoms with Gasteiger partial charge in [-0.3, -0.25) is 13.7 Å². The van der Waals surface area contributed by atoms with Crippen molar-refractivity contribution in [3.05, 3.63) is 22.7 Å². The molecule has 9 N–H and O–H groups in total. The lowest BCUT2D eigenvalue weighted by atomic mass is 10.1. The van der Waals surface area contributed by atoms with E-state index in [0.717, 1.165) is 6.07 Å². The summed E-state index contributed by atoms with van der Waals surface area (Å²) in [5.74, 6) is -0.404. The topological polar surface area (TPSA) is 246 Å². The number of rotatable bonds is 4. The van der Waals surface area contributed by atoms with Crippen molar-refractivity contribution in [2.75, 3.05) is 12.3 Å². The molecule has 1 aliphatic rings. The van der Waals surface area contributed by atoms with Crippen molar-refractivity contribution in [3.63, 3.8) is 0 Å². The number of hydrogen-bond acceptors (Lipinski definition) is 9. The van der Waals surface area contributed by atoms with Gasteiger partial charge in [0.1, 0.15) is 18.0 Å². The molecule has 14 nitrogen and oxygen atoms in total. The van der Waals surface area contributed by atoms with Gasteiger partial charge in [-0.25, -0.2) is 4.79 Å². The molecule has 0 unspecified atom stereocenters. The Morgan fingerprint density at radius 1 is 1.28 bits per heavy atom. The Morgan fingerprint density at radius 3 is 2.24 bits per heavy atom. The van der Waals surface area contributed by atoms with Gasteiger partial charge in [-0.05, 0) is 6.07 Å². The van der Waals surface area contributed by atoms with Gasteiger partial charge in [-0.2, -0.15) is 4.98 Å². The standard InChI is InChI=1S/C9H15N3O11P2/c10-5-1-2-12(7(15)11-5)9(25(20,21)22)8(16,24(17,18)19)6(14)4(3-13)23-9/h1-2,4,6,13-14,16H,3H2,(H2,10,11,15)(H2,17,18,19)(H2,20,21,22)/t4-,6-,8+,9+/m1/s1. The van der Waals surface area contributed by atoms with Crippen LogP contribution in [0, 0.1) is 0 Å². The lowest BCUT2D eigenvalue weighted by Gasteiger charge is -2.41. The first-order chi connectivity index (χ1) is 11.2. The third kappa shape index (κ3) is 2.59. The third-order valence-corrected chi connectivity index (χ3v) is 6.81. The summed E-state index contributed by atoms with van der Waals surface area (Å²) in [7, 11) is -12.0. The van der Waals surface area contributed by atoms with Gasteiger partial charge in [-0.15, -0.1) is 0 Å². The van der Waals surface area contributed by atoms with E-state index in [1.807, 2.05) is 0 Å². The maximum atomic E-state index is 12.1. The van der Waals surface area contributed by atoms with Crippen LogP contribution in [0.15, 0.2) is 17.1 Å². The minimum Gasteiger partial charge on any atom is -0.394 e. The maximum absolute atomic E-state index is 12.1. The van der Waals surface area contributed by atoms with Crippen LogP contribution in [0.3, 0.4) is 0 Å². The van der Waals surface area contributed by atoms with E-state index in [-0.39, 0.29) is 4.57 Å². The summed E-state index contributed by atoms with van der Waals surface area (Å²) in [5.41, 5.74) is -0.0671. The van der Waals surface area contributed by atoms with Crippen molar-refractivity contribution in [2.45, 2.75) is 23.0 Å². The lowest BCUT2D eigenvalue weighted by molar-refractivity contribution is -0.124. The van der Waals surface area contributed by atoms with E-state index >= 15 is 0 Å². The second kappa shape index (κ2) is 5.93. The first-order valence-corrected chi connectivity index (χ1v) is 9.62. The fraction of sp³-hybridized carbons (Fsp3) is 0.556. The van der Waals surface area contributed by atoms with Gasteiger partial charge in [0.2, 0.25) is 0 Å². The molecule has 1 aromatic rings. The monoisotopic (exact) mass is 403 g/mol. The molecule has 4 atom stereocenters. The minimum absolute atomic E-state index is 0.0812. The zero-order valence-corrected chi connectivity index (χ0v) is 13.9. The number of aliphatic hydroxyl groups is 3. The molecule has 0 bridgehead atoms. The summed E-state index contributed by atoms with van der Waals surface area (Å²) < 4.78 is 28.7. The zero-order valence-electron chi connectivity index (χ0n) is 12.1. The molecule has 0 amide bonds. The molecule has 2 heterocycles. The largest absolute Gasteiger partial charge is 0.394 e. The second-order valence-electron chi connectivity index (χ2n) is 5.21. The number of anilines is 1. The summed E-state index contributed by atoms with van der Waals surface area (Å²) in [6, 6.07) is 0.834. The summed E-state index contributed by atoms with van der Waals surface area (Å²) in [5, 5.41) is 25.7. The van der Waals surface area contributed by atoms with Gasteiger partial charge < -0.3 is 45.4 Å². The van der Waals surface area contributed by atoms with Gasteiger partial charge in [0, 0.05) is 6.20 Å². The Labute approximate surface area is 138 Å². The number of ether oxygens (including phenoxy) is 1. The Kier molecular flexibility index (Phi) is 4.77. The molecule has 1 aromatic heterocycles. The Morgan fingerprint density at radius 2 is 1.84 bits per heavy atom. The highest BCUT2D eigenvalue weighted by atomic mass is 31.2. The Hall–Kier alpha value is -1.18. The summed E-state index contributed by atoms with van der Waals surface area (Å²) >= 11 is 0. The van der Waals surface area contributed by atoms with Crippen LogP contribution < -0.4 is 11.4 Å². The van der Waals surface area contributed by atoms with E-state index in [1.54, 1.807) is 0 Å². The molecule has 2 rings (SSSR count). The number of nitrogens with zero attached hydrogens (tertiary/aromatic N) is 2. The van der Waals surface area contributed by atoms with Crippen molar-refractivity contribution in [1.82, 2.24) is 9.55 Å². The number of nitrogen functional groups attached to an aromatic ring is 1. The van der Waals surface area contributed by atoms with E-state index in [4.69, 9.17) is 15.6 Å². The van der Waals surface area contributed by atoms with Crippen LogP contribution in [-0.4, -0.2) is 68.6 Å². The number of hydrogen-bond donors (Lipinski definition) is 8. The average molecular weight is 403 g/mol. The molecular formula is C9H15N3O11P2. The quantitative estimate of drug-likeness (QED) is 0.225. The van der Waals surface area contributed by atoms with Crippen LogP contribution >= 0.6 is 15.2 Å². The highest BCUT2D eigenvalue weighted by Crippen LogP contribution is 2.73. The Balaban J connectivity index is 2.99. The third-order valence-electron chi connectivity index (χ3n) is 3.73. The van der Waals surface area contributed by atoms with Crippen LogP contribution in [-0.2, 0) is 19.3 Å². The summed E-state index contributed by atoms with van der Waals surface area (Å²) in [4.78, 5) is 53.6. The molecule has 1 saturated heterocycles. The summed E-state index contributed by atoms with van der Waals surface area (Å²) in [6.45, 7) is -1.19. The molecule has 0 spiro atoms. The van der Waals surface area contributed by atoms with Gasteiger partial charge in [0.05, 0.1) is 6.61 Å². The molecular weight excluding hydrogens is 388 g/mol. The van der Waals surface area contributed by atoms with Crippen LogP contribution in [0.25, 0.3) is 0 Å². The minimum atomic E-state index is -5.99. The van der Waals surface area contributed by atoms with Crippen molar-refractivity contribution in [1.29, 1.82) is 0 Å². The van der Waals surface area contributed by atoms with Gasteiger partial charge in [-0.1, -0.05) is 0 Å². The van der Waals surface area contributed by atoms with E-state index in [2.05, 4.69) is 4.98 Å². The average Bonchev–Trinajstić information content (AvgIpc) is 2.69. The van der Waals surface area contributed by atoms with E-state index < -0.39 is 56.3 Å². The predicted octanol–water partition coefficient (Wildman–Crippen LogP) is -3.77. The number of nitrogens with two attached hydrogens (primary N) is 1. The first-order valence-electron chi connectivity index (χ1n) is 6.40. The van der Waals surface area contributed by atoms with Crippen molar-refractivity contribution in [3.8, 4) is 0 Å². The second-order valence-corrected chi connectivity index (χ2v) is 8.68. The van der Waals surface area contributed by atoms with Crippen molar-refractivity contribution in [2.24, 2.45) is 0 Å². The first kappa shape index (κ1) is 20.1. The summed E-state index contributed by atoms with van der Waals surface area (Å²) in [6.07, 6.45) is -4.15. The molecule has 1 fully saturated rings. The van der Waals surface area contributed by atoms with E-state index in [1.165, 1.54) is 0 Å². The van der Waals surface area contributed by atoms with Gasteiger partial charge in [0.25, 0.3) is 10.8 Å². The fourth-order valence-electron chi connectivity index (χ4n) is 2.62. The van der Waals surface area contributed by atoms with Crippen LogP contribution in [0.1, 0.15) is 0 Å². The van der Waals surface area contributed by atoms with Gasteiger partial charge >= 0.3 is 20.9 Å². The smallest absolute Gasteiger partial charge is 0.382 e. The predicted molar refractivity (Wildman–Crippen MR) is 77.9 cm³/mol. The van der Waals surface area contributed by atoms with E-state index in [9.17, 15) is 43.7 Å². The highest BCUT2D eigenvalue weighted by Gasteiger charge is 2.81. The molecule has 0 radical (unpaired) electrons. The number of aliphatic hydroxyl groups excluding tert-OH is 2. The molecule has 1 aliphatic heterocycles. The SMILES string of the molecule is Nc1ccn([C@]2(P(=O)(O)O)O[C@H](CO)[C@@H](O)[C@]2(O)P(=O)(O)O)c(=O)n1. The van der Waals surface area contributed by atoms with Crippen LogP contribution in [0.5, 0.6) is 0 Å². The Bertz CT molecular complexity index is 832. The molecule has 16 heteroatoms. The maximum Gasteiger partial charge on any atom is 0.382 e. The fourth-order valence-corrected chi connectivity index (χ4v) is 5.72. The zero-order chi connectivity index (χ0) is 19.4. The molecule has 0 aliphatic carbocycles. The lowest BCUT2D eigenvalue weighted by Crippen LogP contribution is -2.59. The highest BCUT2D eigenvalue weighted by molar-refractivity contribution is 7.57. The molecule has 0 saturated carbocycles. The van der Waals surface area contributed by atoms with Crippen molar-refractivity contribution >= 4 is 21.0 Å². The molecule has 142 valence electrons. The normalized spacial score (nSPS) is 33.6. The molecule has 0 aromatic carbocycles. The van der Waals surface area contributed by atoms with Crippen molar-refractivity contribution < 1.29 is 48.8 Å². The van der Waals surface area contributed by atoms with E-state index in [0.29, 0.717) is 6.20 Å². The van der Waals surface area contributed by atoms with Gasteiger partial charge in [0.15, 0.2) is 0 Å². The van der Waals surface area contributed by atoms with Crippen LogP contribution in [0.4, 0.5) is 5.82 Å².